The second-order valence-electron chi connectivity index (χ2n) is 8.93. The van der Waals surface area contributed by atoms with Gasteiger partial charge >= 0.3 is 0 Å². The topological polar surface area (TPSA) is 75.9 Å². The highest BCUT2D eigenvalue weighted by molar-refractivity contribution is 5.93. The average molecular weight is 419 g/mol. The monoisotopic (exact) mass is 418 g/mol. The maximum Gasteiger partial charge on any atom is 0.227 e. The predicted octanol–water partition coefficient (Wildman–Crippen LogP) is 4.02. The van der Waals surface area contributed by atoms with Crippen LogP contribution in [0.5, 0.6) is 0 Å². The maximum atomic E-state index is 12.9. The fourth-order valence-electron chi connectivity index (χ4n) is 4.82. The lowest BCUT2D eigenvalue weighted by atomic mass is 9.95. The van der Waals surface area contributed by atoms with Crippen LogP contribution < -0.4 is 10.2 Å². The number of rotatable bonds is 3. The summed E-state index contributed by atoms with van der Waals surface area (Å²) in [6.45, 7) is 6.68. The van der Waals surface area contributed by atoms with Crippen LogP contribution in [0.2, 0.25) is 0 Å². The number of imidazole rings is 1. The van der Waals surface area contributed by atoms with Gasteiger partial charge in [-0.2, -0.15) is 0 Å². The average Bonchev–Trinajstić information content (AvgIpc) is 2.97. The van der Waals surface area contributed by atoms with Gasteiger partial charge in [0, 0.05) is 37.7 Å². The Balaban J connectivity index is 1.30. The molecule has 0 bridgehead atoms. The third kappa shape index (κ3) is 3.89. The molecule has 3 aromatic rings. The predicted molar refractivity (Wildman–Crippen MR) is 122 cm³/mol. The van der Waals surface area contributed by atoms with Crippen LogP contribution in [0, 0.1) is 19.8 Å². The fourth-order valence-corrected chi connectivity index (χ4v) is 4.82. The Hall–Kier alpha value is -2.96. The SMILES string of the molecule is Cc1ccc(C)c(NC(=O)C2CCN(c3ncnc4c3nc3n4CCCCC3)CC2)c1. The van der Waals surface area contributed by atoms with Crippen LogP contribution in [0.15, 0.2) is 24.5 Å². The van der Waals surface area contributed by atoms with Crippen molar-refractivity contribution in [2.24, 2.45) is 5.92 Å². The van der Waals surface area contributed by atoms with Crippen LogP contribution in [0.4, 0.5) is 11.5 Å². The van der Waals surface area contributed by atoms with Crippen molar-refractivity contribution < 1.29 is 4.79 Å². The molecule has 0 spiro atoms. The molecule has 0 radical (unpaired) electrons. The second-order valence-corrected chi connectivity index (χ2v) is 8.93. The molecule has 7 nitrogen and oxygen atoms in total. The first-order valence-corrected chi connectivity index (χ1v) is 11.4. The summed E-state index contributed by atoms with van der Waals surface area (Å²) < 4.78 is 2.28. The summed E-state index contributed by atoms with van der Waals surface area (Å²) in [5.74, 6) is 2.19. The molecule has 0 saturated carbocycles. The molecule has 2 aliphatic rings. The zero-order valence-electron chi connectivity index (χ0n) is 18.4. The number of nitrogens with one attached hydrogen (secondary N) is 1. The summed E-state index contributed by atoms with van der Waals surface area (Å²) in [4.78, 5) is 29.2. The van der Waals surface area contributed by atoms with E-state index in [1.165, 1.54) is 19.3 Å². The molecular weight excluding hydrogens is 388 g/mol. The zero-order chi connectivity index (χ0) is 21.4. The normalized spacial score (nSPS) is 17.4. The molecule has 5 rings (SSSR count). The standard InChI is InChI=1S/C24H30N6O/c1-16-7-8-17(2)19(14-16)27-24(31)18-9-12-29(13-10-18)22-21-23(26-15-25-22)30-11-5-3-4-6-20(30)28-21/h7-8,14-15,18H,3-6,9-13H2,1-2H3,(H,27,31). The van der Waals surface area contributed by atoms with Gasteiger partial charge in [0.05, 0.1) is 0 Å². The van der Waals surface area contributed by atoms with Gasteiger partial charge in [0.2, 0.25) is 5.91 Å². The molecule has 4 heterocycles. The zero-order valence-corrected chi connectivity index (χ0v) is 18.4. The van der Waals surface area contributed by atoms with Gasteiger partial charge in [0.15, 0.2) is 17.0 Å². The maximum absolute atomic E-state index is 12.9. The van der Waals surface area contributed by atoms with E-state index in [0.29, 0.717) is 0 Å². The molecule has 0 aliphatic carbocycles. The van der Waals surface area contributed by atoms with Crippen molar-refractivity contribution in [3.05, 3.63) is 41.5 Å². The number of aryl methyl sites for hydroxylation is 4. The first kappa shape index (κ1) is 20.0. The fraction of sp³-hybridized carbons (Fsp3) is 0.500. The van der Waals surface area contributed by atoms with E-state index >= 15 is 0 Å². The number of benzene rings is 1. The summed E-state index contributed by atoms with van der Waals surface area (Å²) >= 11 is 0. The minimum absolute atomic E-state index is 0.0206. The highest BCUT2D eigenvalue weighted by Crippen LogP contribution is 2.30. The summed E-state index contributed by atoms with van der Waals surface area (Å²) in [6, 6.07) is 6.17. The van der Waals surface area contributed by atoms with E-state index in [4.69, 9.17) is 4.98 Å². The van der Waals surface area contributed by atoms with E-state index in [-0.39, 0.29) is 11.8 Å². The van der Waals surface area contributed by atoms with Crippen LogP contribution in [-0.2, 0) is 17.8 Å². The minimum Gasteiger partial charge on any atom is -0.355 e. The van der Waals surface area contributed by atoms with Crippen LogP contribution in [0.1, 0.15) is 49.1 Å². The quantitative estimate of drug-likeness (QED) is 0.695. The van der Waals surface area contributed by atoms with Crippen molar-refractivity contribution in [2.75, 3.05) is 23.3 Å². The van der Waals surface area contributed by atoms with Crippen molar-refractivity contribution in [3.63, 3.8) is 0 Å². The molecule has 2 aromatic heterocycles. The lowest BCUT2D eigenvalue weighted by molar-refractivity contribution is -0.120. The largest absolute Gasteiger partial charge is 0.355 e. The second kappa shape index (κ2) is 8.29. The van der Waals surface area contributed by atoms with Crippen LogP contribution in [0.25, 0.3) is 11.2 Å². The Bertz CT molecular complexity index is 1110. The summed E-state index contributed by atoms with van der Waals surface area (Å²) in [7, 11) is 0. The number of hydrogen-bond donors (Lipinski definition) is 1. The molecule has 7 heteroatoms. The van der Waals surface area contributed by atoms with Gasteiger partial charge < -0.3 is 14.8 Å². The van der Waals surface area contributed by atoms with E-state index < -0.39 is 0 Å². The molecule has 2 aliphatic heterocycles. The number of hydrogen-bond acceptors (Lipinski definition) is 5. The van der Waals surface area contributed by atoms with E-state index in [9.17, 15) is 4.79 Å². The van der Waals surface area contributed by atoms with E-state index in [0.717, 1.165) is 78.5 Å². The number of anilines is 2. The number of amides is 1. The Labute approximate surface area is 182 Å². The summed E-state index contributed by atoms with van der Waals surface area (Å²) in [5.41, 5.74) is 5.04. The molecule has 1 saturated heterocycles. The van der Waals surface area contributed by atoms with Crippen molar-refractivity contribution in [3.8, 4) is 0 Å². The first-order valence-electron chi connectivity index (χ1n) is 11.4. The molecule has 1 aromatic carbocycles. The smallest absolute Gasteiger partial charge is 0.227 e. The Morgan fingerprint density at radius 2 is 1.90 bits per heavy atom. The van der Waals surface area contributed by atoms with E-state index in [1.54, 1.807) is 6.33 Å². The van der Waals surface area contributed by atoms with Gasteiger partial charge in [0.1, 0.15) is 12.2 Å². The third-order valence-corrected chi connectivity index (χ3v) is 6.69. The van der Waals surface area contributed by atoms with Gasteiger partial charge in [-0.05, 0) is 56.7 Å². The van der Waals surface area contributed by atoms with Gasteiger partial charge in [-0.25, -0.2) is 15.0 Å². The van der Waals surface area contributed by atoms with Crippen molar-refractivity contribution in [1.29, 1.82) is 0 Å². The lowest BCUT2D eigenvalue weighted by Gasteiger charge is -2.32. The van der Waals surface area contributed by atoms with Crippen LogP contribution >= 0.6 is 0 Å². The molecule has 1 N–H and O–H groups in total. The van der Waals surface area contributed by atoms with Crippen molar-refractivity contribution in [1.82, 2.24) is 19.5 Å². The van der Waals surface area contributed by atoms with Crippen LogP contribution in [-0.4, -0.2) is 38.5 Å². The molecule has 31 heavy (non-hydrogen) atoms. The number of fused-ring (bicyclic) bond motifs is 3. The van der Waals surface area contributed by atoms with E-state index in [2.05, 4.69) is 36.9 Å². The van der Waals surface area contributed by atoms with Crippen LogP contribution in [0.3, 0.4) is 0 Å². The highest BCUT2D eigenvalue weighted by atomic mass is 16.1. The highest BCUT2D eigenvalue weighted by Gasteiger charge is 2.28. The van der Waals surface area contributed by atoms with Gasteiger partial charge in [-0.15, -0.1) is 0 Å². The number of nitrogens with zero attached hydrogens (tertiary/aromatic N) is 5. The molecule has 0 unspecified atom stereocenters. The number of carbonyl (C=O) groups excluding carboxylic acids is 1. The van der Waals surface area contributed by atoms with E-state index in [1.807, 2.05) is 19.9 Å². The van der Waals surface area contributed by atoms with Gasteiger partial charge in [-0.3, -0.25) is 4.79 Å². The first-order chi connectivity index (χ1) is 15.1. The molecular formula is C24H30N6O. The van der Waals surface area contributed by atoms with Gasteiger partial charge in [-0.1, -0.05) is 18.6 Å². The number of aromatic nitrogens is 4. The van der Waals surface area contributed by atoms with Crippen molar-refractivity contribution in [2.45, 2.75) is 58.9 Å². The molecule has 1 amide bonds. The van der Waals surface area contributed by atoms with Gasteiger partial charge in [0.25, 0.3) is 0 Å². The lowest BCUT2D eigenvalue weighted by Crippen LogP contribution is -2.38. The Kier molecular flexibility index (Phi) is 5.34. The number of carbonyl (C=O) groups is 1. The Morgan fingerprint density at radius 3 is 2.74 bits per heavy atom. The summed E-state index contributed by atoms with van der Waals surface area (Å²) in [6.07, 6.45) is 7.92. The number of piperidine rings is 1. The molecule has 1 fully saturated rings. The molecule has 162 valence electrons. The minimum atomic E-state index is 0.0206. The Morgan fingerprint density at radius 1 is 1.06 bits per heavy atom. The van der Waals surface area contributed by atoms with Crippen molar-refractivity contribution >= 4 is 28.6 Å². The summed E-state index contributed by atoms with van der Waals surface area (Å²) in [5, 5.41) is 3.15. The molecule has 0 atom stereocenters. The third-order valence-electron chi connectivity index (χ3n) is 6.69.